The van der Waals surface area contributed by atoms with Crippen LogP contribution < -0.4 is 5.32 Å². The van der Waals surface area contributed by atoms with Gasteiger partial charge in [0.2, 0.25) is 0 Å². The highest BCUT2D eigenvalue weighted by Gasteiger charge is 2.10. The standard InChI is InChI=1S/C9H8ClN3OS/c1-5-6(4-11-13-5)12-9(14)7-2-3-8(10)15-7/h2-4H,1H3,(H,11,13)(H,12,14). The molecule has 0 atom stereocenters. The molecule has 0 unspecified atom stereocenters. The highest BCUT2D eigenvalue weighted by molar-refractivity contribution is 7.18. The molecule has 6 heteroatoms. The zero-order valence-electron chi connectivity index (χ0n) is 7.87. The highest BCUT2D eigenvalue weighted by Crippen LogP contribution is 2.22. The Hall–Kier alpha value is -1.33. The molecule has 15 heavy (non-hydrogen) atoms. The molecule has 0 saturated carbocycles. The molecule has 0 aliphatic rings. The number of carbonyl (C=O) groups excluding carboxylic acids is 1. The Morgan fingerprint density at radius 2 is 2.40 bits per heavy atom. The maximum Gasteiger partial charge on any atom is 0.265 e. The second kappa shape index (κ2) is 4.04. The van der Waals surface area contributed by atoms with Gasteiger partial charge in [-0.05, 0) is 19.1 Å². The predicted molar refractivity (Wildman–Crippen MR) is 60.6 cm³/mol. The number of halogens is 1. The number of nitrogens with zero attached hydrogens (tertiary/aromatic N) is 1. The fraction of sp³-hybridized carbons (Fsp3) is 0.111. The van der Waals surface area contributed by atoms with E-state index >= 15 is 0 Å². The molecule has 0 radical (unpaired) electrons. The molecule has 2 heterocycles. The van der Waals surface area contributed by atoms with Gasteiger partial charge in [0.25, 0.3) is 5.91 Å². The maximum absolute atomic E-state index is 11.7. The molecule has 2 aromatic heterocycles. The monoisotopic (exact) mass is 241 g/mol. The van der Waals surface area contributed by atoms with Crippen molar-refractivity contribution < 1.29 is 4.79 Å². The van der Waals surface area contributed by atoms with E-state index in [4.69, 9.17) is 11.6 Å². The minimum Gasteiger partial charge on any atom is -0.318 e. The zero-order valence-corrected chi connectivity index (χ0v) is 9.45. The van der Waals surface area contributed by atoms with Crippen molar-refractivity contribution in [1.82, 2.24) is 10.2 Å². The first-order valence-electron chi connectivity index (χ1n) is 4.23. The molecule has 2 N–H and O–H groups in total. The van der Waals surface area contributed by atoms with Crippen molar-refractivity contribution in [2.24, 2.45) is 0 Å². The van der Waals surface area contributed by atoms with E-state index in [1.54, 1.807) is 18.3 Å². The summed E-state index contributed by atoms with van der Waals surface area (Å²) in [6.45, 7) is 1.84. The van der Waals surface area contributed by atoms with Crippen LogP contribution in [-0.4, -0.2) is 16.1 Å². The summed E-state index contributed by atoms with van der Waals surface area (Å²) in [5.41, 5.74) is 1.51. The smallest absolute Gasteiger partial charge is 0.265 e. The summed E-state index contributed by atoms with van der Waals surface area (Å²) in [6.07, 6.45) is 1.57. The van der Waals surface area contributed by atoms with Gasteiger partial charge in [0.05, 0.1) is 26.8 Å². The lowest BCUT2D eigenvalue weighted by Crippen LogP contribution is -2.10. The van der Waals surface area contributed by atoms with E-state index < -0.39 is 0 Å². The molecule has 2 aromatic rings. The third-order valence-electron chi connectivity index (χ3n) is 1.88. The van der Waals surface area contributed by atoms with Crippen molar-refractivity contribution in [1.29, 1.82) is 0 Å². The summed E-state index contributed by atoms with van der Waals surface area (Å²) < 4.78 is 0.601. The van der Waals surface area contributed by atoms with Gasteiger partial charge in [-0.25, -0.2) is 0 Å². The number of aromatic amines is 1. The van der Waals surface area contributed by atoms with Gasteiger partial charge < -0.3 is 5.32 Å². The zero-order chi connectivity index (χ0) is 10.8. The molecule has 0 spiro atoms. The van der Waals surface area contributed by atoms with E-state index in [-0.39, 0.29) is 5.91 Å². The highest BCUT2D eigenvalue weighted by atomic mass is 35.5. The van der Waals surface area contributed by atoms with E-state index in [0.717, 1.165) is 5.69 Å². The van der Waals surface area contributed by atoms with Gasteiger partial charge in [-0.2, -0.15) is 5.10 Å². The first-order chi connectivity index (χ1) is 7.16. The lowest BCUT2D eigenvalue weighted by atomic mass is 10.3. The first kappa shape index (κ1) is 10.2. The minimum absolute atomic E-state index is 0.170. The largest absolute Gasteiger partial charge is 0.318 e. The van der Waals surface area contributed by atoms with Gasteiger partial charge in [0.15, 0.2) is 0 Å². The fourth-order valence-electron chi connectivity index (χ4n) is 1.10. The van der Waals surface area contributed by atoms with Crippen molar-refractivity contribution in [2.75, 3.05) is 5.32 Å². The number of carbonyl (C=O) groups is 1. The van der Waals surface area contributed by atoms with E-state index in [2.05, 4.69) is 15.5 Å². The Kier molecular flexibility index (Phi) is 2.75. The third-order valence-corrected chi connectivity index (χ3v) is 3.11. The van der Waals surface area contributed by atoms with Crippen molar-refractivity contribution in [2.45, 2.75) is 6.92 Å². The lowest BCUT2D eigenvalue weighted by molar-refractivity contribution is 0.103. The number of hydrogen-bond donors (Lipinski definition) is 2. The van der Waals surface area contributed by atoms with E-state index in [9.17, 15) is 4.79 Å². The van der Waals surface area contributed by atoms with Crippen LogP contribution in [0, 0.1) is 6.92 Å². The second-order valence-electron chi connectivity index (χ2n) is 2.97. The third kappa shape index (κ3) is 2.19. The Morgan fingerprint density at radius 1 is 1.60 bits per heavy atom. The summed E-state index contributed by atoms with van der Waals surface area (Å²) >= 11 is 6.98. The van der Waals surface area contributed by atoms with E-state index in [0.29, 0.717) is 14.9 Å². The van der Waals surface area contributed by atoms with Crippen LogP contribution in [0.25, 0.3) is 0 Å². The van der Waals surface area contributed by atoms with E-state index in [1.165, 1.54) is 11.3 Å². The number of aromatic nitrogens is 2. The second-order valence-corrected chi connectivity index (χ2v) is 4.68. The molecule has 0 aromatic carbocycles. The van der Waals surface area contributed by atoms with Crippen molar-refractivity contribution in [3.8, 4) is 0 Å². The number of thiophene rings is 1. The van der Waals surface area contributed by atoms with E-state index in [1.807, 2.05) is 6.92 Å². The SMILES string of the molecule is Cc1[nH]ncc1NC(=O)c1ccc(Cl)s1. The van der Waals surface area contributed by atoms with Crippen LogP contribution in [0.5, 0.6) is 0 Å². The molecule has 0 aliphatic carbocycles. The van der Waals surface area contributed by atoms with Crippen LogP contribution in [0.1, 0.15) is 15.4 Å². The van der Waals surface area contributed by atoms with Crippen LogP contribution >= 0.6 is 22.9 Å². The van der Waals surface area contributed by atoms with Crippen LogP contribution in [0.2, 0.25) is 4.34 Å². The number of rotatable bonds is 2. The quantitative estimate of drug-likeness (QED) is 0.849. The average Bonchev–Trinajstić information content (AvgIpc) is 2.77. The summed E-state index contributed by atoms with van der Waals surface area (Å²) in [5.74, 6) is -0.170. The normalized spacial score (nSPS) is 10.3. The molecular formula is C9H8ClN3OS. The minimum atomic E-state index is -0.170. The summed E-state index contributed by atoms with van der Waals surface area (Å²) in [6, 6.07) is 3.39. The number of amides is 1. The Morgan fingerprint density at radius 3 is 2.93 bits per heavy atom. The molecule has 0 bridgehead atoms. The topological polar surface area (TPSA) is 57.8 Å². The molecule has 1 amide bonds. The van der Waals surface area contributed by atoms with Gasteiger partial charge in [-0.3, -0.25) is 9.89 Å². The van der Waals surface area contributed by atoms with Crippen molar-refractivity contribution in [3.05, 3.63) is 33.2 Å². The van der Waals surface area contributed by atoms with Gasteiger partial charge in [0, 0.05) is 0 Å². The van der Waals surface area contributed by atoms with Crippen LogP contribution in [-0.2, 0) is 0 Å². The number of H-pyrrole nitrogens is 1. The molecule has 0 fully saturated rings. The molecule has 0 aliphatic heterocycles. The lowest BCUT2D eigenvalue weighted by Gasteiger charge is -2.00. The molecular weight excluding hydrogens is 234 g/mol. The van der Waals surface area contributed by atoms with Gasteiger partial charge in [0.1, 0.15) is 0 Å². The average molecular weight is 242 g/mol. The fourth-order valence-corrected chi connectivity index (χ4v) is 2.04. The van der Waals surface area contributed by atoms with Crippen molar-refractivity contribution in [3.63, 3.8) is 0 Å². The van der Waals surface area contributed by atoms with Gasteiger partial charge in [-0.1, -0.05) is 11.6 Å². The summed E-state index contributed by atoms with van der Waals surface area (Å²) in [5, 5.41) is 9.29. The van der Waals surface area contributed by atoms with Gasteiger partial charge >= 0.3 is 0 Å². The number of aryl methyl sites for hydroxylation is 1. The van der Waals surface area contributed by atoms with Gasteiger partial charge in [-0.15, -0.1) is 11.3 Å². The number of anilines is 1. The summed E-state index contributed by atoms with van der Waals surface area (Å²) in [7, 11) is 0. The molecule has 4 nitrogen and oxygen atoms in total. The molecule has 0 saturated heterocycles. The van der Waals surface area contributed by atoms with Crippen LogP contribution in [0.3, 0.4) is 0 Å². The Balaban J connectivity index is 2.14. The number of hydrogen-bond acceptors (Lipinski definition) is 3. The first-order valence-corrected chi connectivity index (χ1v) is 5.43. The van der Waals surface area contributed by atoms with Crippen LogP contribution in [0.4, 0.5) is 5.69 Å². The Bertz CT molecular complexity index is 491. The van der Waals surface area contributed by atoms with Crippen molar-refractivity contribution >= 4 is 34.5 Å². The predicted octanol–water partition coefficient (Wildman–Crippen LogP) is 2.69. The molecule has 78 valence electrons. The summed E-state index contributed by atoms with van der Waals surface area (Å²) in [4.78, 5) is 12.3. The molecule has 2 rings (SSSR count). The number of nitrogens with one attached hydrogen (secondary N) is 2. The maximum atomic E-state index is 11.7. The van der Waals surface area contributed by atoms with Crippen LogP contribution in [0.15, 0.2) is 18.3 Å². The Labute approximate surface area is 95.3 Å².